The Labute approximate surface area is 450 Å². The van der Waals surface area contributed by atoms with E-state index in [-0.39, 0.29) is 0 Å². The molecule has 374 valence electrons. The van der Waals surface area contributed by atoms with E-state index in [4.69, 9.17) is 9.47 Å². The van der Waals surface area contributed by atoms with Gasteiger partial charge in [-0.15, -0.1) is 0 Å². The van der Waals surface area contributed by atoms with Gasteiger partial charge in [-0.25, -0.2) is 0 Å². The molecule has 0 aromatic heterocycles. The zero-order valence-electron chi connectivity index (χ0n) is 43.9. The van der Waals surface area contributed by atoms with Crippen LogP contribution >= 0.6 is 0 Å². The third kappa shape index (κ3) is 12.3. The maximum Gasteiger partial charge on any atom is 0.118 e. The number of ether oxygens (including phenoxy) is 2. The van der Waals surface area contributed by atoms with E-state index in [2.05, 4.69) is 266 Å². The quantitative estimate of drug-likeness (QED) is 0.0754. The maximum atomic E-state index is 5.33. The first-order chi connectivity index (χ1) is 37.4. The van der Waals surface area contributed by atoms with Gasteiger partial charge in [0.1, 0.15) is 11.5 Å². The van der Waals surface area contributed by atoms with Crippen LogP contribution in [0.3, 0.4) is 0 Å². The lowest BCUT2D eigenvalue weighted by atomic mass is 9.97. The fourth-order valence-corrected chi connectivity index (χ4v) is 9.70. The second-order valence-corrected chi connectivity index (χ2v) is 19.1. The Morgan fingerprint density at radius 2 is 0.461 bits per heavy atom. The van der Waals surface area contributed by atoms with Crippen molar-refractivity contribution in [2.45, 2.75) is 39.5 Å². The minimum Gasteiger partial charge on any atom is -0.497 e. The number of hydrogen-bond acceptors (Lipinski definition) is 4. The molecule has 0 N–H and O–H groups in total. The summed E-state index contributed by atoms with van der Waals surface area (Å²) in [6.07, 6.45) is 13.0. The standard InChI is InChI=1S/C72H64N2O2/c1-5-7-53-13-37-65(38-14-53)73(67-41-17-55(18-42-67)9-11-57-21-49-71(75-3)50-22-57)69-45-33-63(34-46-69)61-29-25-59(26-30-61)60-27-31-62(32-28-60)64-35-47-70(48-36-64)74(66-39-15-54(8-6-2)16-40-66)68-43-19-56(20-44-68)10-12-58-23-51-72(76-4)52-24-58/h9-52H,5-8H2,1-4H3/b11-9+,12-10+. The zero-order chi connectivity index (χ0) is 52.1. The number of aryl methyl sites for hydroxylation is 2. The molecule has 0 bridgehead atoms. The molecule has 0 aliphatic rings. The molecule has 0 unspecified atom stereocenters. The Kier molecular flexibility index (Phi) is 16.1. The third-order valence-corrected chi connectivity index (χ3v) is 14.0. The van der Waals surface area contributed by atoms with Gasteiger partial charge >= 0.3 is 0 Å². The van der Waals surface area contributed by atoms with Gasteiger partial charge in [0.2, 0.25) is 0 Å². The van der Waals surface area contributed by atoms with Crippen LogP contribution in [-0.2, 0) is 12.8 Å². The highest BCUT2D eigenvalue weighted by molar-refractivity contribution is 5.83. The minimum atomic E-state index is 0.856. The molecular formula is C72H64N2O2. The molecule has 0 aliphatic heterocycles. The Bertz CT molecular complexity index is 3230. The maximum absolute atomic E-state index is 5.33. The van der Waals surface area contributed by atoms with E-state index in [1.165, 1.54) is 44.5 Å². The number of methoxy groups -OCH3 is 2. The van der Waals surface area contributed by atoms with Crippen molar-refractivity contribution in [3.63, 3.8) is 0 Å². The monoisotopic (exact) mass is 988 g/mol. The molecule has 0 spiro atoms. The molecule has 4 heteroatoms. The van der Waals surface area contributed by atoms with Crippen molar-refractivity contribution in [2.75, 3.05) is 24.0 Å². The van der Waals surface area contributed by atoms with Crippen LogP contribution in [0.15, 0.2) is 243 Å². The predicted octanol–water partition coefficient (Wildman–Crippen LogP) is 19.9. The van der Waals surface area contributed by atoms with Gasteiger partial charge in [-0.3, -0.25) is 0 Å². The summed E-state index contributed by atoms with van der Waals surface area (Å²) in [6.45, 7) is 4.46. The van der Waals surface area contributed by atoms with Crippen molar-refractivity contribution in [3.05, 3.63) is 276 Å². The molecule has 0 saturated carbocycles. The van der Waals surface area contributed by atoms with Crippen molar-refractivity contribution < 1.29 is 9.47 Å². The SMILES string of the molecule is CCCc1ccc(N(c2ccc(/C=C/c3ccc(OC)cc3)cc2)c2ccc(-c3ccc(-c4ccc(-c5ccc(N(c6ccc(/C=C/c7ccc(OC)cc7)cc6)c6ccc(CCC)cc6)cc5)cc4)cc3)cc2)cc1. The molecule has 0 atom stereocenters. The van der Waals surface area contributed by atoms with Gasteiger partial charge in [0, 0.05) is 34.1 Å². The molecule has 0 aliphatic carbocycles. The van der Waals surface area contributed by atoms with Gasteiger partial charge < -0.3 is 19.3 Å². The first-order valence-corrected chi connectivity index (χ1v) is 26.5. The van der Waals surface area contributed by atoms with Crippen LogP contribution in [0.25, 0.3) is 57.7 Å². The summed E-state index contributed by atoms with van der Waals surface area (Å²) >= 11 is 0. The van der Waals surface area contributed by atoms with Gasteiger partial charge in [0.15, 0.2) is 0 Å². The first-order valence-electron chi connectivity index (χ1n) is 26.5. The highest BCUT2D eigenvalue weighted by Crippen LogP contribution is 2.39. The van der Waals surface area contributed by atoms with Crippen LogP contribution in [-0.4, -0.2) is 14.2 Å². The fraction of sp³-hybridized carbons (Fsp3) is 0.111. The summed E-state index contributed by atoms with van der Waals surface area (Å²) in [5, 5.41) is 0. The minimum absolute atomic E-state index is 0.856. The Balaban J connectivity index is 0.830. The number of hydrogen-bond donors (Lipinski definition) is 0. The van der Waals surface area contributed by atoms with E-state index in [0.29, 0.717) is 0 Å². The van der Waals surface area contributed by atoms with Crippen LogP contribution in [0.1, 0.15) is 60.1 Å². The van der Waals surface area contributed by atoms with Crippen molar-refractivity contribution in [1.82, 2.24) is 0 Å². The molecular weight excluding hydrogens is 925 g/mol. The molecule has 0 fully saturated rings. The van der Waals surface area contributed by atoms with Crippen molar-refractivity contribution >= 4 is 58.4 Å². The number of nitrogens with zero attached hydrogens (tertiary/aromatic N) is 2. The number of rotatable bonds is 19. The second-order valence-electron chi connectivity index (χ2n) is 19.1. The lowest BCUT2D eigenvalue weighted by molar-refractivity contribution is 0.414. The zero-order valence-corrected chi connectivity index (χ0v) is 43.9. The van der Waals surface area contributed by atoms with Gasteiger partial charge in [-0.05, 0) is 177 Å². The van der Waals surface area contributed by atoms with Crippen LogP contribution in [0.4, 0.5) is 34.1 Å². The van der Waals surface area contributed by atoms with Gasteiger partial charge in [0.25, 0.3) is 0 Å². The summed E-state index contributed by atoms with van der Waals surface area (Å²) in [7, 11) is 3.38. The van der Waals surface area contributed by atoms with E-state index in [9.17, 15) is 0 Å². The van der Waals surface area contributed by atoms with Gasteiger partial charge in [-0.2, -0.15) is 0 Å². The van der Waals surface area contributed by atoms with Crippen LogP contribution in [0.5, 0.6) is 11.5 Å². The number of anilines is 6. The largest absolute Gasteiger partial charge is 0.497 e. The Morgan fingerprint density at radius 1 is 0.263 bits per heavy atom. The highest BCUT2D eigenvalue weighted by Gasteiger charge is 2.15. The lowest BCUT2D eigenvalue weighted by Crippen LogP contribution is -2.10. The molecule has 0 amide bonds. The van der Waals surface area contributed by atoms with Crippen LogP contribution in [0, 0.1) is 0 Å². The second kappa shape index (κ2) is 24.3. The molecule has 0 radical (unpaired) electrons. The third-order valence-electron chi connectivity index (χ3n) is 14.0. The number of benzene rings is 10. The van der Waals surface area contributed by atoms with E-state index >= 15 is 0 Å². The van der Waals surface area contributed by atoms with Crippen molar-refractivity contribution in [1.29, 1.82) is 0 Å². The predicted molar refractivity (Wildman–Crippen MR) is 324 cm³/mol. The molecule has 76 heavy (non-hydrogen) atoms. The highest BCUT2D eigenvalue weighted by atomic mass is 16.5. The van der Waals surface area contributed by atoms with Crippen LogP contribution in [0.2, 0.25) is 0 Å². The summed E-state index contributed by atoms with van der Waals surface area (Å²) in [5.74, 6) is 1.71. The van der Waals surface area contributed by atoms with Gasteiger partial charge in [-0.1, -0.05) is 197 Å². The van der Waals surface area contributed by atoms with Crippen molar-refractivity contribution in [2.24, 2.45) is 0 Å². The van der Waals surface area contributed by atoms with Gasteiger partial charge in [0.05, 0.1) is 14.2 Å². The Morgan fingerprint density at radius 3 is 0.684 bits per heavy atom. The first kappa shape index (κ1) is 50.4. The van der Waals surface area contributed by atoms with E-state index in [1.807, 2.05) is 24.3 Å². The summed E-state index contributed by atoms with van der Waals surface area (Å²) < 4.78 is 10.7. The molecule has 0 heterocycles. The van der Waals surface area contributed by atoms with E-state index < -0.39 is 0 Å². The topological polar surface area (TPSA) is 24.9 Å². The van der Waals surface area contributed by atoms with E-state index in [1.54, 1.807) is 14.2 Å². The molecule has 10 rings (SSSR count). The van der Waals surface area contributed by atoms with E-state index in [0.717, 1.165) is 93.6 Å². The molecule has 10 aromatic rings. The fourth-order valence-electron chi connectivity index (χ4n) is 9.70. The summed E-state index contributed by atoms with van der Waals surface area (Å²) in [5.41, 5.74) is 21.0. The molecule has 4 nitrogen and oxygen atoms in total. The smallest absolute Gasteiger partial charge is 0.118 e. The molecule has 0 saturated heterocycles. The normalized spacial score (nSPS) is 11.3. The average molecular weight is 989 g/mol. The lowest BCUT2D eigenvalue weighted by Gasteiger charge is -2.26. The average Bonchev–Trinajstić information content (AvgIpc) is 3.51. The molecule has 10 aromatic carbocycles. The van der Waals surface area contributed by atoms with Crippen molar-refractivity contribution in [3.8, 4) is 44.9 Å². The van der Waals surface area contributed by atoms with Crippen LogP contribution < -0.4 is 19.3 Å². The Hall–Kier alpha value is -9.12. The summed E-state index contributed by atoms with van der Waals surface area (Å²) in [4.78, 5) is 4.67. The summed E-state index contributed by atoms with van der Waals surface area (Å²) in [6, 6.07) is 87.5.